The fourth-order valence-corrected chi connectivity index (χ4v) is 2.65. The summed E-state index contributed by atoms with van der Waals surface area (Å²) in [5.41, 5.74) is 7.31. The Bertz CT molecular complexity index is 356. The standard InChI is InChI=1S/C16H25NO/c1-2-15(17)14-11-7-8-12-16(14)18-13-9-5-3-4-6-10-13/h7-8,11-13,15H,2-6,9-10,17H2,1H3/t15-/m0/s1. The highest BCUT2D eigenvalue weighted by Gasteiger charge is 2.16. The van der Waals surface area contributed by atoms with Gasteiger partial charge in [-0.2, -0.15) is 0 Å². The number of para-hydroxylation sites is 1. The summed E-state index contributed by atoms with van der Waals surface area (Å²) >= 11 is 0. The lowest BCUT2D eigenvalue weighted by Crippen LogP contribution is -2.18. The minimum absolute atomic E-state index is 0.0898. The van der Waals surface area contributed by atoms with Crippen molar-refractivity contribution >= 4 is 0 Å². The second-order valence-electron chi connectivity index (χ2n) is 5.28. The van der Waals surface area contributed by atoms with E-state index in [1.165, 1.54) is 38.5 Å². The van der Waals surface area contributed by atoms with Gasteiger partial charge in [0.15, 0.2) is 0 Å². The van der Waals surface area contributed by atoms with Crippen LogP contribution in [-0.2, 0) is 0 Å². The van der Waals surface area contributed by atoms with Gasteiger partial charge < -0.3 is 10.5 Å². The highest BCUT2D eigenvalue weighted by molar-refractivity contribution is 5.35. The highest BCUT2D eigenvalue weighted by atomic mass is 16.5. The number of ether oxygens (including phenoxy) is 1. The molecule has 1 fully saturated rings. The molecular weight excluding hydrogens is 222 g/mol. The molecule has 100 valence electrons. The maximum absolute atomic E-state index is 6.21. The van der Waals surface area contributed by atoms with Crippen LogP contribution >= 0.6 is 0 Å². The zero-order chi connectivity index (χ0) is 12.8. The predicted octanol–water partition coefficient (Wildman–Crippen LogP) is 4.20. The smallest absolute Gasteiger partial charge is 0.124 e. The first-order valence-corrected chi connectivity index (χ1v) is 7.32. The molecule has 18 heavy (non-hydrogen) atoms. The average molecular weight is 247 g/mol. The van der Waals surface area contributed by atoms with Gasteiger partial charge in [-0.05, 0) is 38.2 Å². The van der Waals surface area contributed by atoms with Gasteiger partial charge in [0.05, 0.1) is 6.10 Å². The zero-order valence-corrected chi connectivity index (χ0v) is 11.4. The van der Waals surface area contributed by atoms with Crippen molar-refractivity contribution in [3.63, 3.8) is 0 Å². The third kappa shape index (κ3) is 3.49. The van der Waals surface area contributed by atoms with E-state index in [2.05, 4.69) is 19.1 Å². The fraction of sp³-hybridized carbons (Fsp3) is 0.625. The van der Waals surface area contributed by atoms with Crippen molar-refractivity contribution in [1.29, 1.82) is 0 Å². The van der Waals surface area contributed by atoms with Crippen LogP contribution in [0.1, 0.15) is 63.5 Å². The first kappa shape index (κ1) is 13.4. The number of nitrogens with two attached hydrogens (primary N) is 1. The summed E-state index contributed by atoms with van der Waals surface area (Å²) in [5, 5.41) is 0. The number of rotatable bonds is 4. The van der Waals surface area contributed by atoms with Crippen molar-refractivity contribution in [2.45, 2.75) is 64.0 Å². The molecule has 2 rings (SSSR count). The Balaban J connectivity index is 2.07. The molecule has 0 unspecified atom stereocenters. The normalized spacial score (nSPS) is 19.2. The summed E-state index contributed by atoms with van der Waals surface area (Å²) in [6.45, 7) is 2.12. The molecule has 1 aromatic carbocycles. The molecule has 1 atom stereocenters. The summed E-state index contributed by atoms with van der Waals surface area (Å²) in [4.78, 5) is 0. The van der Waals surface area contributed by atoms with Gasteiger partial charge in [0.2, 0.25) is 0 Å². The van der Waals surface area contributed by atoms with Gasteiger partial charge >= 0.3 is 0 Å². The highest BCUT2D eigenvalue weighted by Crippen LogP contribution is 2.29. The van der Waals surface area contributed by atoms with E-state index in [1.54, 1.807) is 0 Å². The van der Waals surface area contributed by atoms with Gasteiger partial charge in [-0.15, -0.1) is 0 Å². The fourth-order valence-electron chi connectivity index (χ4n) is 2.65. The van der Waals surface area contributed by atoms with Crippen molar-refractivity contribution in [3.05, 3.63) is 29.8 Å². The summed E-state index contributed by atoms with van der Waals surface area (Å²) in [6, 6.07) is 8.34. The van der Waals surface area contributed by atoms with Gasteiger partial charge in [0, 0.05) is 11.6 Å². The van der Waals surface area contributed by atoms with Gasteiger partial charge in [-0.3, -0.25) is 0 Å². The van der Waals surface area contributed by atoms with Gasteiger partial charge in [-0.1, -0.05) is 38.0 Å². The van der Waals surface area contributed by atoms with Crippen LogP contribution in [0.15, 0.2) is 24.3 Å². The van der Waals surface area contributed by atoms with Gasteiger partial charge in [-0.25, -0.2) is 0 Å². The maximum atomic E-state index is 6.21. The van der Waals surface area contributed by atoms with E-state index in [0.717, 1.165) is 17.7 Å². The van der Waals surface area contributed by atoms with Crippen molar-refractivity contribution in [1.82, 2.24) is 0 Å². The van der Waals surface area contributed by atoms with Crippen LogP contribution < -0.4 is 10.5 Å². The van der Waals surface area contributed by atoms with Crippen LogP contribution in [0.3, 0.4) is 0 Å². The van der Waals surface area contributed by atoms with E-state index in [-0.39, 0.29) is 6.04 Å². The van der Waals surface area contributed by atoms with E-state index < -0.39 is 0 Å². The van der Waals surface area contributed by atoms with Crippen molar-refractivity contribution in [2.24, 2.45) is 5.73 Å². The van der Waals surface area contributed by atoms with Crippen LogP contribution in [0.4, 0.5) is 0 Å². The third-order valence-corrected chi connectivity index (χ3v) is 3.85. The maximum Gasteiger partial charge on any atom is 0.124 e. The molecule has 0 spiro atoms. The Morgan fingerprint density at radius 1 is 1.17 bits per heavy atom. The quantitative estimate of drug-likeness (QED) is 0.809. The first-order valence-electron chi connectivity index (χ1n) is 7.32. The minimum atomic E-state index is 0.0898. The molecule has 0 heterocycles. The second-order valence-corrected chi connectivity index (χ2v) is 5.28. The summed E-state index contributed by atoms with van der Waals surface area (Å²) < 4.78 is 6.21. The van der Waals surface area contributed by atoms with Crippen LogP contribution in [0.2, 0.25) is 0 Å². The predicted molar refractivity (Wildman–Crippen MR) is 75.8 cm³/mol. The molecule has 1 aliphatic carbocycles. The SMILES string of the molecule is CC[C@H](N)c1ccccc1OC1CCCCCC1. The van der Waals surface area contributed by atoms with Gasteiger partial charge in [0.1, 0.15) is 5.75 Å². The minimum Gasteiger partial charge on any atom is -0.490 e. The Labute approximate surface area is 111 Å². The Morgan fingerprint density at radius 3 is 2.50 bits per heavy atom. The number of hydrogen-bond donors (Lipinski definition) is 1. The van der Waals surface area contributed by atoms with Crippen molar-refractivity contribution in [3.8, 4) is 5.75 Å². The lowest BCUT2D eigenvalue weighted by molar-refractivity contribution is 0.181. The van der Waals surface area contributed by atoms with Crippen LogP contribution in [0.25, 0.3) is 0 Å². The van der Waals surface area contributed by atoms with Crippen LogP contribution in [-0.4, -0.2) is 6.10 Å². The van der Waals surface area contributed by atoms with E-state index in [9.17, 15) is 0 Å². The third-order valence-electron chi connectivity index (χ3n) is 3.85. The molecule has 2 heteroatoms. The van der Waals surface area contributed by atoms with E-state index >= 15 is 0 Å². The summed E-state index contributed by atoms with van der Waals surface area (Å²) in [5.74, 6) is 0.999. The van der Waals surface area contributed by atoms with Gasteiger partial charge in [0.25, 0.3) is 0 Å². The van der Waals surface area contributed by atoms with E-state index in [1.807, 2.05) is 12.1 Å². The molecule has 1 aliphatic rings. The molecule has 0 aromatic heterocycles. The van der Waals surface area contributed by atoms with Crippen LogP contribution in [0, 0.1) is 0 Å². The first-order chi connectivity index (χ1) is 8.81. The largest absolute Gasteiger partial charge is 0.490 e. The molecular formula is C16H25NO. The van der Waals surface area contributed by atoms with E-state index in [0.29, 0.717) is 6.10 Å². The summed E-state index contributed by atoms with van der Waals surface area (Å²) in [7, 11) is 0. The molecule has 0 saturated heterocycles. The molecule has 0 bridgehead atoms. The molecule has 1 saturated carbocycles. The van der Waals surface area contributed by atoms with E-state index in [4.69, 9.17) is 10.5 Å². The molecule has 2 N–H and O–H groups in total. The Hall–Kier alpha value is -1.02. The lowest BCUT2D eigenvalue weighted by atomic mass is 10.0. The average Bonchev–Trinajstić information content (AvgIpc) is 2.67. The second kappa shape index (κ2) is 6.79. The Kier molecular flexibility index (Phi) is 5.06. The lowest BCUT2D eigenvalue weighted by Gasteiger charge is -2.21. The Morgan fingerprint density at radius 2 is 1.83 bits per heavy atom. The topological polar surface area (TPSA) is 35.2 Å². The molecule has 0 aliphatic heterocycles. The zero-order valence-electron chi connectivity index (χ0n) is 11.4. The number of benzene rings is 1. The van der Waals surface area contributed by atoms with Crippen LogP contribution in [0.5, 0.6) is 5.75 Å². The molecule has 1 aromatic rings. The molecule has 0 radical (unpaired) electrons. The number of hydrogen-bond acceptors (Lipinski definition) is 2. The molecule has 0 amide bonds. The monoisotopic (exact) mass is 247 g/mol. The van der Waals surface area contributed by atoms with Crippen molar-refractivity contribution < 1.29 is 4.74 Å². The summed E-state index contributed by atoms with van der Waals surface area (Å²) in [6.07, 6.45) is 9.03. The molecule has 2 nitrogen and oxygen atoms in total. The van der Waals surface area contributed by atoms with Crippen molar-refractivity contribution in [2.75, 3.05) is 0 Å².